The van der Waals surface area contributed by atoms with Crippen LogP contribution in [0.15, 0.2) is 6.20 Å². The Morgan fingerprint density at radius 3 is 2.85 bits per heavy atom. The van der Waals surface area contributed by atoms with E-state index >= 15 is 0 Å². The van der Waals surface area contributed by atoms with Crippen molar-refractivity contribution >= 4 is 0 Å². The highest BCUT2D eigenvalue weighted by Gasteiger charge is 2.42. The molecule has 1 saturated carbocycles. The normalized spacial score (nSPS) is 24.6. The zero-order valence-corrected chi connectivity index (χ0v) is 12.6. The van der Waals surface area contributed by atoms with Crippen molar-refractivity contribution in [1.82, 2.24) is 15.3 Å². The molecule has 1 N–H and O–H groups in total. The maximum Gasteiger partial charge on any atom is 0.160 e. The van der Waals surface area contributed by atoms with Gasteiger partial charge in [0, 0.05) is 30.6 Å². The number of hydrogen-bond donors (Lipinski definition) is 1. The average Bonchev–Trinajstić information content (AvgIpc) is 2.61. The van der Waals surface area contributed by atoms with Gasteiger partial charge in [-0.1, -0.05) is 13.3 Å². The SMILES string of the molecule is CCNC1CCCCc2nc(C3(OC)CCC3)ncc21. The maximum atomic E-state index is 5.72. The Balaban J connectivity index is 1.93. The van der Waals surface area contributed by atoms with E-state index in [0.717, 1.165) is 31.6 Å². The molecule has 110 valence electrons. The fourth-order valence-electron chi connectivity index (χ4n) is 3.41. The van der Waals surface area contributed by atoms with Gasteiger partial charge in [-0.25, -0.2) is 9.97 Å². The van der Waals surface area contributed by atoms with Crippen LogP contribution in [-0.2, 0) is 16.8 Å². The van der Waals surface area contributed by atoms with Gasteiger partial charge in [0.25, 0.3) is 0 Å². The number of hydrogen-bond acceptors (Lipinski definition) is 4. The van der Waals surface area contributed by atoms with Gasteiger partial charge in [0.05, 0.1) is 0 Å². The van der Waals surface area contributed by atoms with Crippen LogP contribution in [0, 0.1) is 0 Å². The van der Waals surface area contributed by atoms with Gasteiger partial charge in [-0.15, -0.1) is 0 Å². The van der Waals surface area contributed by atoms with E-state index in [1.54, 1.807) is 7.11 Å². The third kappa shape index (κ3) is 2.35. The molecule has 1 heterocycles. The third-order valence-corrected chi connectivity index (χ3v) is 4.84. The summed E-state index contributed by atoms with van der Waals surface area (Å²) in [5.74, 6) is 0.905. The summed E-state index contributed by atoms with van der Waals surface area (Å²) in [5, 5.41) is 3.57. The Morgan fingerprint density at radius 1 is 1.35 bits per heavy atom. The second-order valence-electron chi connectivity index (χ2n) is 6.00. The van der Waals surface area contributed by atoms with Gasteiger partial charge in [0.15, 0.2) is 5.82 Å². The minimum atomic E-state index is -0.199. The first-order chi connectivity index (χ1) is 9.79. The molecular weight excluding hydrogens is 250 g/mol. The summed E-state index contributed by atoms with van der Waals surface area (Å²) >= 11 is 0. The van der Waals surface area contributed by atoms with E-state index in [2.05, 4.69) is 23.4 Å². The van der Waals surface area contributed by atoms with E-state index in [4.69, 9.17) is 9.72 Å². The molecule has 0 amide bonds. The van der Waals surface area contributed by atoms with Gasteiger partial charge < -0.3 is 10.1 Å². The van der Waals surface area contributed by atoms with E-state index in [1.807, 2.05) is 0 Å². The van der Waals surface area contributed by atoms with Crippen molar-refractivity contribution in [2.24, 2.45) is 0 Å². The molecule has 0 saturated heterocycles. The number of nitrogens with zero attached hydrogens (tertiary/aromatic N) is 2. The molecule has 0 spiro atoms. The summed E-state index contributed by atoms with van der Waals surface area (Å²) in [6.45, 7) is 3.15. The molecule has 1 aromatic heterocycles. The Morgan fingerprint density at radius 2 is 2.20 bits per heavy atom. The monoisotopic (exact) mass is 275 g/mol. The maximum absolute atomic E-state index is 5.72. The Hall–Kier alpha value is -1.00. The van der Waals surface area contributed by atoms with Gasteiger partial charge in [-0.3, -0.25) is 0 Å². The summed E-state index contributed by atoms with van der Waals surface area (Å²) in [6.07, 6.45) is 10.1. The van der Waals surface area contributed by atoms with Crippen LogP contribution < -0.4 is 5.32 Å². The highest BCUT2D eigenvalue weighted by atomic mass is 16.5. The number of fused-ring (bicyclic) bond motifs is 1. The van der Waals surface area contributed by atoms with Crippen LogP contribution in [0.1, 0.15) is 68.6 Å². The Labute approximate surface area is 121 Å². The summed E-state index contributed by atoms with van der Waals surface area (Å²) in [4.78, 5) is 9.55. The quantitative estimate of drug-likeness (QED) is 0.858. The van der Waals surface area contributed by atoms with Crippen molar-refractivity contribution in [2.75, 3.05) is 13.7 Å². The van der Waals surface area contributed by atoms with Gasteiger partial charge in [-0.05, 0) is 45.1 Å². The van der Waals surface area contributed by atoms with Crippen molar-refractivity contribution in [2.45, 2.75) is 63.5 Å². The fraction of sp³-hybridized carbons (Fsp3) is 0.750. The van der Waals surface area contributed by atoms with Crippen molar-refractivity contribution < 1.29 is 4.74 Å². The molecule has 0 bridgehead atoms. The van der Waals surface area contributed by atoms with E-state index < -0.39 is 0 Å². The molecule has 1 atom stereocenters. The van der Waals surface area contributed by atoms with E-state index in [9.17, 15) is 0 Å². The molecule has 1 fully saturated rings. The Kier molecular flexibility index (Phi) is 4.03. The van der Waals surface area contributed by atoms with Crippen LogP contribution in [0.4, 0.5) is 0 Å². The van der Waals surface area contributed by atoms with Gasteiger partial charge >= 0.3 is 0 Å². The molecule has 2 aliphatic carbocycles. The second kappa shape index (κ2) is 5.78. The van der Waals surface area contributed by atoms with Gasteiger partial charge in [0.1, 0.15) is 5.60 Å². The van der Waals surface area contributed by atoms with Crippen LogP contribution in [0.3, 0.4) is 0 Å². The van der Waals surface area contributed by atoms with Crippen LogP contribution >= 0.6 is 0 Å². The van der Waals surface area contributed by atoms with Crippen molar-refractivity contribution in [3.63, 3.8) is 0 Å². The predicted molar refractivity (Wildman–Crippen MR) is 78.5 cm³/mol. The first-order valence-electron chi connectivity index (χ1n) is 7.94. The molecule has 0 aliphatic heterocycles. The van der Waals surface area contributed by atoms with Crippen molar-refractivity contribution in [1.29, 1.82) is 0 Å². The number of aryl methyl sites for hydroxylation is 1. The number of methoxy groups -OCH3 is 1. The lowest BCUT2D eigenvalue weighted by Crippen LogP contribution is -2.38. The van der Waals surface area contributed by atoms with E-state index in [1.165, 1.54) is 36.9 Å². The summed E-state index contributed by atoms with van der Waals surface area (Å²) < 4.78 is 5.72. The zero-order chi connectivity index (χ0) is 14.0. The molecule has 0 radical (unpaired) electrons. The molecular formula is C16H25N3O. The van der Waals surface area contributed by atoms with E-state index in [-0.39, 0.29) is 5.60 Å². The van der Waals surface area contributed by atoms with Gasteiger partial charge in [-0.2, -0.15) is 0 Å². The lowest BCUT2D eigenvalue weighted by molar-refractivity contribution is -0.0848. The first kappa shape index (κ1) is 14.0. The summed E-state index contributed by atoms with van der Waals surface area (Å²) in [6, 6.07) is 0.423. The highest BCUT2D eigenvalue weighted by molar-refractivity contribution is 5.25. The number of ether oxygens (including phenoxy) is 1. The Bertz CT molecular complexity index is 465. The van der Waals surface area contributed by atoms with Crippen LogP contribution in [0.5, 0.6) is 0 Å². The number of aromatic nitrogens is 2. The molecule has 0 aromatic carbocycles. The predicted octanol–water partition coefficient (Wildman–Crippen LogP) is 2.88. The average molecular weight is 275 g/mol. The number of rotatable bonds is 4. The highest BCUT2D eigenvalue weighted by Crippen LogP contribution is 2.43. The molecule has 2 aliphatic rings. The van der Waals surface area contributed by atoms with Gasteiger partial charge in [0.2, 0.25) is 0 Å². The lowest BCUT2D eigenvalue weighted by atomic mass is 9.79. The molecule has 1 unspecified atom stereocenters. The lowest BCUT2D eigenvalue weighted by Gasteiger charge is -2.39. The largest absolute Gasteiger partial charge is 0.370 e. The first-order valence-corrected chi connectivity index (χ1v) is 7.94. The van der Waals surface area contributed by atoms with Crippen LogP contribution in [0.2, 0.25) is 0 Å². The minimum Gasteiger partial charge on any atom is -0.370 e. The fourth-order valence-corrected chi connectivity index (χ4v) is 3.41. The van der Waals surface area contributed by atoms with Crippen LogP contribution in [0.25, 0.3) is 0 Å². The molecule has 4 heteroatoms. The number of nitrogens with one attached hydrogen (secondary N) is 1. The van der Waals surface area contributed by atoms with E-state index in [0.29, 0.717) is 6.04 Å². The molecule has 1 aromatic rings. The minimum absolute atomic E-state index is 0.199. The van der Waals surface area contributed by atoms with Crippen LogP contribution in [-0.4, -0.2) is 23.6 Å². The second-order valence-corrected chi connectivity index (χ2v) is 6.00. The molecule has 4 nitrogen and oxygen atoms in total. The van der Waals surface area contributed by atoms with Crippen molar-refractivity contribution in [3.8, 4) is 0 Å². The zero-order valence-electron chi connectivity index (χ0n) is 12.6. The summed E-state index contributed by atoms with van der Waals surface area (Å²) in [5.41, 5.74) is 2.34. The third-order valence-electron chi connectivity index (χ3n) is 4.84. The molecule has 20 heavy (non-hydrogen) atoms. The molecule has 3 rings (SSSR count). The smallest absolute Gasteiger partial charge is 0.160 e. The topological polar surface area (TPSA) is 47.0 Å². The summed E-state index contributed by atoms with van der Waals surface area (Å²) in [7, 11) is 1.79. The van der Waals surface area contributed by atoms with Crippen molar-refractivity contribution in [3.05, 3.63) is 23.3 Å². The standard InChI is InChI=1S/C16H25N3O/c1-3-17-13-7-4-5-8-14-12(13)11-18-15(19-14)16(20-2)9-6-10-16/h11,13,17H,3-10H2,1-2H3.